The number of hydrogen-bond acceptors (Lipinski definition) is 9. The van der Waals surface area contributed by atoms with E-state index >= 15 is 0 Å². The van der Waals surface area contributed by atoms with Crippen LogP contribution in [0.1, 0.15) is 58.9 Å². The molecule has 14 nitrogen and oxygen atoms in total. The van der Waals surface area contributed by atoms with Gasteiger partial charge in [-0.1, -0.05) is 13.8 Å². The number of nitrogens with zero attached hydrogens (tertiary/aromatic N) is 1. The molecule has 0 radical (unpaired) electrons. The van der Waals surface area contributed by atoms with Crippen molar-refractivity contribution in [2.75, 3.05) is 19.0 Å². The summed E-state index contributed by atoms with van der Waals surface area (Å²) in [5, 5.41) is 11.3. The number of carbonyl (C=O) groups excluding carboxylic acids is 6. The average molecular weight is 628 g/mol. The Bertz CT molecular complexity index is 1520. The van der Waals surface area contributed by atoms with Gasteiger partial charge in [0.15, 0.2) is 0 Å². The van der Waals surface area contributed by atoms with Gasteiger partial charge in [0.1, 0.15) is 29.8 Å². The first-order valence-electron chi connectivity index (χ1n) is 14.8. The molecule has 14 heteroatoms. The second-order valence-corrected chi connectivity index (χ2v) is 11.5. The zero-order chi connectivity index (χ0) is 33.4. The van der Waals surface area contributed by atoms with E-state index in [0.717, 1.165) is 10.9 Å². The fourth-order valence-corrected chi connectivity index (χ4v) is 5.06. The minimum Gasteiger partial charge on any atom is -0.469 e. The van der Waals surface area contributed by atoms with E-state index < -0.39 is 65.3 Å². The predicted octanol–water partition coefficient (Wildman–Crippen LogP) is 1.13. The minimum absolute atomic E-state index is 0.133. The molecule has 0 bridgehead atoms. The normalized spacial score (nSPS) is 16.4. The van der Waals surface area contributed by atoms with Gasteiger partial charge < -0.3 is 35.3 Å². The molecule has 1 aromatic carbocycles. The van der Waals surface area contributed by atoms with E-state index in [0.29, 0.717) is 24.1 Å². The molecule has 0 saturated carbocycles. The first kappa shape index (κ1) is 34.7. The van der Waals surface area contributed by atoms with Crippen LogP contribution in [0, 0.1) is 12.8 Å². The minimum atomic E-state index is -0.999. The Balaban J connectivity index is 1.60. The summed E-state index contributed by atoms with van der Waals surface area (Å²) in [6.07, 6.45) is 0.641. The highest BCUT2D eigenvalue weighted by atomic mass is 16.5. The number of aryl methyl sites for hydroxylation is 1. The molecule has 1 aromatic heterocycles. The van der Waals surface area contributed by atoms with Crippen molar-refractivity contribution in [2.45, 2.75) is 84.5 Å². The van der Waals surface area contributed by atoms with Crippen LogP contribution in [0.3, 0.4) is 0 Å². The Morgan fingerprint density at radius 2 is 1.67 bits per heavy atom. The molecule has 1 aliphatic heterocycles. The average Bonchev–Trinajstić information content (AvgIpc) is 3.47. The van der Waals surface area contributed by atoms with Gasteiger partial charge in [-0.25, -0.2) is 4.79 Å². The summed E-state index contributed by atoms with van der Waals surface area (Å²) in [6, 6.07) is 2.58. The number of ether oxygens (including phenoxy) is 1. The van der Waals surface area contributed by atoms with Crippen molar-refractivity contribution in [1.82, 2.24) is 20.9 Å². The lowest BCUT2D eigenvalue weighted by molar-refractivity contribution is -0.142. The van der Waals surface area contributed by atoms with Gasteiger partial charge in [0.05, 0.1) is 13.5 Å². The fraction of sp³-hybridized carbons (Fsp3) is 0.516. The van der Waals surface area contributed by atoms with Crippen LogP contribution in [0.15, 0.2) is 33.5 Å². The first-order chi connectivity index (χ1) is 21.2. The Labute approximate surface area is 260 Å². The summed E-state index contributed by atoms with van der Waals surface area (Å²) in [7, 11) is 1.21. The molecule has 0 spiro atoms. The van der Waals surface area contributed by atoms with Crippen LogP contribution in [-0.2, 0) is 33.5 Å². The molecule has 5 amide bonds. The van der Waals surface area contributed by atoms with E-state index in [4.69, 9.17) is 4.42 Å². The van der Waals surface area contributed by atoms with E-state index in [-0.39, 0.29) is 25.3 Å². The molecule has 1 saturated heterocycles. The van der Waals surface area contributed by atoms with Crippen LogP contribution in [0.5, 0.6) is 0 Å². The van der Waals surface area contributed by atoms with Crippen LogP contribution in [0.25, 0.3) is 11.0 Å². The molecule has 0 unspecified atom stereocenters. The van der Waals surface area contributed by atoms with Gasteiger partial charge in [0.2, 0.25) is 29.5 Å². The molecular formula is C31H41N5O9. The van der Waals surface area contributed by atoms with Crippen molar-refractivity contribution in [1.29, 1.82) is 0 Å². The van der Waals surface area contributed by atoms with Crippen molar-refractivity contribution in [3.05, 3.63) is 40.2 Å². The smallest absolute Gasteiger partial charge is 0.336 e. The summed E-state index contributed by atoms with van der Waals surface area (Å²) in [5.41, 5.74) is 0.940. The number of esters is 1. The van der Waals surface area contributed by atoms with Crippen molar-refractivity contribution >= 4 is 52.2 Å². The maximum Gasteiger partial charge on any atom is 0.336 e. The van der Waals surface area contributed by atoms with Gasteiger partial charge in [-0.2, -0.15) is 0 Å². The van der Waals surface area contributed by atoms with Crippen LogP contribution < -0.4 is 26.9 Å². The van der Waals surface area contributed by atoms with Gasteiger partial charge in [-0.15, -0.1) is 0 Å². The molecule has 45 heavy (non-hydrogen) atoms. The maximum absolute atomic E-state index is 13.4. The van der Waals surface area contributed by atoms with Crippen LogP contribution in [-0.4, -0.2) is 78.2 Å². The molecule has 3 rings (SSSR count). The lowest BCUT2D eigenvalue weighted by Gasteiger charge is -2.30. The van der Waals surface area contributed by atoms with Crippen molar-refractivity contribution < 1.29 is 37.9 Å². The Morgan fingerprint density at radius 3 is 2.33 bits per heavy atom. The number of likely N-dealkylation sites (tertiary alicyclic amines) is 1. The van der Waals surface area contributed by atoms with Gasteiger partial charge in [-0.3, -0.25) is 28.8 Å². The number of anilines is 1. The van der Waals surface area contributed by atoms with Gasteiger partial charge in [0, 0.05) is 36.2 Å². The third-order valence-electron chi connectivity index (χ3n) is 7.59. The van der Waals surface area contributed by atoms with Crippen molar-refractivity contribution in [3.63, 3.8) is 0 Å². The molecule has 0 aliphatic carbocycles. The number of hydrogen-bond donors (Lipinski definition) is 4. The molecule has 1 fully saturated rings. The zero-order valence-corrected chi connectivity index (χ0v) is 26.4. The SMILES string of the molecule is COC(=O)CCC(=O)N[C@H](C)C(=O)N[C@H](C)C(=O)N1CCC[C@H]1C(=O)N[C@@H](C(=O)Nc1ccc2c(C)cc(=O)oc2c1)C(C)C. The number of amides is 5. The summed E-state index contributed by atoms with van der Waals surface area (Å²) in [4.78, 5) is 89.0. The van der Waals surface area contributed by atoms with Crippen molar-refractivity contribution in [3.8, 4) is 0 Å². The lowest BCUT2D eigenvalue weighted by Crippen LogP contribution is -2.57. The molecule has 4 atom stereocenters. The van der Waals surface area contributed by atoms with Gasteiger partial charge >= 0.3 is 11.6 Å². The number of fused-ring (bicyclic) bond motifs is 1. The largest absolute Gasteiger partial charge is 0.469 e. The van der Waals surface area contributed by atoms with E-state index in [9.17, 15) is 33.6 Å². The molecule has 1 aliphatic rings. The number of nitrogens with one attached hydrogen (secondary N) is 4. The van der Waals surface area contributed by atoms with E-state index in [1.807, 2.05) is 0 Å². The highest BCUT2D eigenvalue weighted by Crippen LogP contribution is 2.22. The summed E-state index contributed by atoms with van der Waals surface area (Å²) in [5.74, 6) is -3.45. The molecular weight excluding hydrogens is 586 g/mol. The van der Waals surface area contributed by atoms with Crippen LogP contribution >= 0.6 is 0 Å². The first-order valence-corrected chi connectivity index (χ1v) is 14.8. The summed E-state index contributed by atoms with van der Waals surface area (Å²) < 4.78 is 9.75. The lowest BCUT2D eigenvalue weighted by atomic mass is 10.0. The Morgan fingerprint density at radius 1 is 0.956 bits per heavy atom. The molecule has 244 valence electrons. The zero-order valence-electron chi connectivity index (χ0n) is 26.4. The number of rotatable bonds is 12. The quantitative estimate of drug-likeness (QED) is 0.197. The maximum atomic E-state index is 13.4. The van der Waals surface area contributed by atoms with E-state index in [1.54, 1.807) is 39.0 Å². The van der Waals surface area contributed by atoms with E-state index in [1.165, 1.54) is 31.9 Å². The summed E-state index contributed by atoms with van der Waals surface area (Å²) in [6.45, 7) is 8.55. The van der Waals surface area contributed by atoms with Crippen molar-refractivity contribution in [2.24, 2.45) is 5.92 Å². The third kappa shape index (κ3) is 9.13. The third-order valence-corrected chi connectivity index (χ3v) is 7.59. The number of carbonyl (C=O) groups is 6. The Hall–Kier alpha value is -4.75. The van der Waals surface area contributed by atoms with Gasteiger partial charge in [-0.05, 0) is 57.2 Å². The standard InChI is InChI=1S/C31H41N5O9/c1-16(2)27(30(42)34-20-9-10-21-17(3)14-26(39)45-23(21)15-20)35-29(41)22-8-7-13-36(22)31(43)19(5)33-28(40)18(4)32-24(37)11-12-25(38)44-6/h9-10,14-16,18-19,22,27H,7-8,11-13H2,1-6H3,(H,32,37)(H,33,40)(H,34,42)(H,35,41)/t18-,19-,22+,27-/m1/s1. The second kappa shape index (κ2) is 15.3. The molecule has 4 N–H and O–H groups in total. The highest BCUT2D eigenvalue weighted by Gasteiger charge is 2.38. The topological polar surface area (TPSA) is 193 Å². The number of benzene rings is 1. The predicted molar refractivity (Wildman–Crippen MR) is 164 cm³/mol. The monoisotopic (exact) mass is 627 g/mol. The number of methoxy groups -OCH3 is 1. The van der Waals surface area contributed by atoms with Crippen LogP contribution in [0.4, 0.5) is 5.69 Å². The molecule has 2 aromatic rings. The summed E-state index contributed by atoms with van der Waals surface area (Å²) >= 11 is 0. The van der Waals surface area contributed by atoms with Gasteiger partial charge in [0.25, 0.3) is 0 Å². The molecule has 2 heterocycles. The van der Waals surface area contributed by atoms with Crippen LogP contribution in [0.2, 0.25) is 0 Å². The Kier molecular flexibility index (Phi) is 11.8. The fourth-order valence-electron chi connectivity index (χ4n) is 5.06. The highest BCUT2D eigenvalue weighted by molar-refractivity contribution is 6.00. The van der Waals surface area contributed by atoms with E-state index in [2.05, 4.69) is 26.0 Å². The second-order valence-electron chi connectivity index (χ2n) is 11.5.